The van der Waals surface area contributed by atoms with Crippen molar-refractivity contribution in [2.24, 2.45) is 23.7 Å². The fourth-order valence-electron chi connectivity index (χ4n) is 2.31. The van der Waals surface area contributed by atoms with Crippen molar-refractivity contribution in [3.8, 4) is 6.07 Å². The number of hydrogen-bond acceptors (Lipinski definition) is 1. The fourth-order valence-corrected chi connectivity index (χ4v) is 2.31. The largest absolute Gasteiger partial charge is 0.198 e. The van der Waals surface area contributed by atoms with Crippen LogP contribution in [0.5, 0.6) is 0 Å². The fraction of sp³-hybridized carbons (Fsp3) is 0.923. The summed E-state index contributed by atoms with van der Waals surface area (Å²) >= 11 is 0. The van der Waals surface area contributed by atoms with Crippen LogP contribution in [0.3, 0.4) is 0 Å². The van der Waals surface area contributed by atoms with Crippen LogP contribution >= 0.6 is 0 Å². The molecule has 1 fully saturated rings. The molecule has 0 amide bonds. The van der Waals surface area contributed by atoms with Crippen LogP contribution in [0.15, 0.2) is 0 Å². The summed E-state index contributed by atoms with van der Waals surface area (Å²) in [5, 5.41) is 8.86. The second kappa shape index (κ2) is 6.87. The molecule has 0 aromatic carbocycles. The van der Waals surface area contributed by atoms with Crippen molar-refractivity contribution in [2.45, 2.75) is 53.9 Å². The Labute approximate surface area is 89.5 Å². The van der Waals surface area contributed by atoms with Gasteiger partial charge in [-0.15, -0.1) is 0 Å². The summed E-state index contributed by atoms with van der Waals surface area (Å²) in [5.74, 6) is 2.64. The zero-order valence-electron chi connectivity index (χ0n) is 10.4. The summed E-state index contributed by atoms with van der Waals surface area (Å²) in [4.78, 5) is 0. The highest BCUT2D eigenvalue weighted by molar-refractivity contribution is 4.90. The lowest BCUT2D eigenvalue weighted by atomic mass is 9.72. The van der Waals surface area contributed by atoms with Gasteiger partial charge in [0.2, 0.25) is 0 Å². The molecule has 3 unspecified atom stereocenters. The third kappa shape index (κ3) is 4.13. The van der Waals surface area contributed by atoms with Crippen LogP contribution in [0.4, 0.5) is 0 Å². The SMILES string of the molecule is CC.CC1CC(C#N)CC(C(C)C)C1. The summed E-state index contributed by atoms with van der Waals surface area (Å²) in [6.45, 7) is 10.8. The van der Waals surface area contributed by atoms with Gasteiger partial charge in [-0.25, -0.2) is 0 Å². The first-order valence-corrected chi connectivity index (χ1v) is 6.03. The average Bonchev–Trinajstić information content (AvgIpc) is 2.20. The summed E-state index contributed by atoms with van der Waals surface area (Å²) in [5.41, 5.74) is 0. The Morgan fingerprint density at radius 3 is 2.14 bits per heavy atom. The highest BCUT2D eigenvalue weighted by atomic mass is 14.4. The lowest BCUT2D eigenvalue weighted by molar-refractivity contribution is 0.194. The number of nitriles is 1. The molecule has 0 aromatic rings. The van der Waals surface area contributed by atoms with E-state index in [1.54, 1.807) is 0 Å². The predicted molar refractivity (Wildman–Crippen MR) is 61.8 cm³/mol. The second-order valence-corrected chi connectivity index (χ2v) is 4.64. The van der Waals surface area contributed by atoms with E-state index in [4.69, 9.17) is 5.26 Å². The minimum absolute atomic E-state index is 0.334. The zero-order chi connectivity index (χ0) is 11.1. The molecule has 1 aliphatic carbocycles. The van der Waals surface area contributed by atoms with E-state index in [0.717, 1.165) is 30.6 Å². The molecule has 0 aromatic heterocycles. The molecule has 1 aliphatic rings. The van der Waals surface area contributed by atoms with Gasteiger partial charge in [0.1, 0.15) is 0 Å². The van der Waals surface area contributed by atoms with Crippen molar-refractivity contribution >= 4 is 0 Å². The van der Waals surface area contributed by atoms with E-state index in [2.05, 4.69) is 26.8 Å². The molecule has 3 atom stereocenters. The molecule has 0 aliphatic heterocycles. The van der Waals surface area contributed by atoms with Crippen LogP contribution < -0.4 is 0 Å². The average molecular weight is 195 g/mol. The van der Waals surface area contributed by atoms with E-state index in [1.165, 1.54) is 6.42 Å². The van der Waals surface area contributed by atoms with E-state index in [0.29, 0.717) is 5.92 Å². The molecule has 1 saturated carbocycles. The van der Waals surface area contributed by atoms with Gasteiger partial charge in [0.15, 0.2) is 0 Å². The predicted octanol–water partition coefficient (Wildman–Crippen LogP) is 4.24. The molecule has 14 heavy (non-hydrogen) atoms. The third-order valence-corrected chi connectivity index (χ3v) is 3.10. The van der Waals surface area contributed by atoms with Crippen molar-refractivity contribution in [3.63, 3.8) is 0 Å². The van der Waals surface area contributed by atoms with Crippen molar-refractivity contribution in [3.05, 3.63) is 0 Å². The number of nitrogens with zero attached hydrogens (tertiary/aromatic N) is 1. The lowest BCUT2D eigenvalue weighted by Crippen LogP contribution is -2.23. The maximum atomic E-state index is 8.86. The van der Waals surface area contributed by atoms with Crippen molar-refractivity contribution in [1.29, 1.82) is 5.26 Å². The van der Waals surface area contributed by atoms with Crippen LogP contribution in [-0.4, -0.2) is 0 Å². The molecule has 1 rings (SSSR count). The molecule has 0 bridgehead atoms. The molecule has 0 saturated heterocycles. The number of rotatable bonds is 1. The van der Waals surface area contributed by atoms with E-state index >= 15 is 0 Å². The van der Waals surface area contributed by atoms with Gasteiger partial charge in [-0.05, 0) is 37.0 Å². The topological polar surface area (TPSA) is 23.8 Å². The van der Waals surface area contributed by atoms with Gasteiger partial charge in [-0.3, -0.25) is 0 Å². The van der Waals surface area contributed by atoms with Crippen LogP contribution in [0.2, 0.25) is 0 Å². The highest BCUT2D eigenvalue weighted by Crippen LogP contribution is 2.36. The molecule has 0 heterocycles. The molecule has 82 valence electrons. The Hall–Kier alpha value is -0.510. The van der Waals surface area contributed by atoms with Crippen LogP contribution in [0, 0.1) is 35.0 Å². The minimum atomic E-state index is 0.334. The van der Waals surface area contributed by atoms with Crippen LogP contribution in [0.25, 0.3) is 0 Å². The van der Waals surface area contributed by atoms with E-state index < -0.39 is 0 Å². The minimum Gasteiger partial charge on any atom is -0.198 e. The van der Waals surface area contributed by atoms with Crippen LogP contribution in [-0.2, 0) is 0 Å². The van der Waals surface area contributed by atoms with Gasteiger partial charge in [-0.1, -0.05) is 34.6 Å². The van der Waals surface area contributed by atoms with Gasteiger partial charge in [0, 0.05) is 5.92 Å². The van der Waals surface area contributed by atoms with Gasteiger partial charge >= 0.3 is 0 Å². The smallest absolute Gasteiger partial charge is 0.0655 e. The van der Waals surface area contributed by atoms with Crippen molar-refractivity contribution in [1.82, 2.24) is 0 Å². The van der Waals surface area contributed by atoms with Gasteiger partial charge < -0.3 is 0 Å². The first-order chi connectivity index (χ1) is 6.63. The molecule has 0 radical (unpaired) electrons. The Morgan fingerprint density at radius 1 is 1.14 bits per heavy atom. The quantitative estimate of drug-likeness (QED) is 0.613. The van der Waals surface area contributed by atoms with Gasteiger partial charge in [0.05, 0.1) is 6.07 Å². The monoisotopic (exact) mass is 195 g/mol. The van der Waals surface area contributed by atoms with Crippen molar-refractivity contribution in [2.75, 3.05) is 0 Å². The molecular formula is C13H25N. The maximum Gasteiger partial charge on any atom is 0.0655 e. The summed E-state index contributed by atoms with van der Waals surface area (Å²) in [7, 11) is 0. The Balaban J connectivity index is 0.000000791. The number of hydrogen-bond donors (Lipinski definition) is 0. The summed E-state index contributed by atoms with van der Waals surface area (Å²) < 4.78 is 0. The Kier molecular flexibility index (Phi) is 6.62. The Bertz CT molecular complexity index is 178. The van der Waals surface area contributed by atoms with Gasteiger partial charge in [-0.2, -0.15) is 5.26 Å². The third-order valence-electron chi connectivity index (χ3n) is 3.10. The molecule has 0 spiro atoms. The maximum absolute atomic E-state index is 8.86. The molecule has 0 N–H and O–H groups in total. The molecular weight excluding hydrogens is 170 g/mol. The normalized spacial score (nSPS) is 31.6. The van der Waals surface area contributed by atoms with Crippen LogP contribution in [0.1, 0.15) is 53.9 Å². The first-order valence-electron chi connectivity index (χ1n) is 6.03. The molecule has 1 nitrogen and oxygen atoms in total. The Morgan fingerprint density at radius 2 is 1.71 bits per heavy atom. The first kappa shape index (κ1) is 13.5. The standard InChI is InChI=1S/C11H19N.C2H6/c1-8(2)11-5-9(3)4-10(6-11)7-12;1-2/h8-11H,4-6H2,1-3H3;1-2H3. The summed E-state index contributed by atoms with van der Waals surface area (Å²) in [6.07, 6.45) is 3.59. The van der Waals surface area contributed by atoms with Gasteiger partial charge in [0.25, 0.3) is 0 Å². The highest BCUT2D eigenvalue weighted by Gasteiger charge is 2.27. The van der Waals surface area contributed by atoms with E-state index in [1.807, 2.05) is 13.8 Å². The van der Waals surface area contributed by atoms with E-state index in [-0.39, 0.29) is 0 Å². The van der Waals surface area contributed by atoms with Crippen molar-refractivity contribution < 1.29 is 0 Å². The molecule has 1 heteroatoms. The lowest BCUT2D eigenvalue weighted by Gasteiger charge is -2.32. The second-order valence-electron chi connectivity index (χ2n) is 4.64. The van der Waals surface area contributed by atoms with E-state index in [9.17, 15) is 0 Å². The summed E-state index contributed by atoms with van der Waals surface area (Å²) in [6, 6.07) is 2.42. The zero-order valence-corrected chi connectivity index (χ0v) is 10.4.